The fraction of sp³-hybridized carbons (Fsp3) is 0.667. The first-order chi connectivity index (χ1) is 5.96. The van der Waals surface area contributed by atoms with E-state index in [0.717, 1.165) is 11.0 Å². The quantitative estimate of drug-likeness (QED) is 0.866. The van der Waals surface area contributed by atoms with Gasteiger partial charge in [0, 0.05) is 5.56 Å². The third-order valence-electron chi connectivity index (χ3n) is 1.83. The Bertz CT molecular complexity index is 286. The number of halogens is 1. The molecule has 0 fully saturated rings. The van der Waals surface area contributed by atoms with Gasteiger partial charge in [-0.3, -0.25) is 4.68 Å². The summed E-state index contributed by atoms with van der Waals surface area (Å²) in [5, 5.41) is 4.32. The van der Waals surface area contributed by atoms with Crippen molar-refractivity contribution in [1.82, 2.24) is 9.78 Å². The number of rotatable bonds is 2. The van der Waals surface area contributed by atoms with Gasteiger partial charge in [-0.15, -0.1) is 0 Å². The first-order valence-electron chi connectivity index (χ1n) is 4.39. The summed E-state index contributed by atoms with van der Waals surface area (Å²) in [4.78, 5) is 0. The van der Waals surface area contributed by atoms with Crippen LogP contribution in [-0.2, 0) is 12.0 Å². The Kier molecular flexibility index (Phi) is 3.14. The van der Waals surface area contributed by atoms with Crippen LogP contribution in [0.3, 0.4) is 0 Å². The van der Waals surface area contributed by atoms with Crippen molar-refractivity contribution in [2.75, 3.05) is 6.54 Å². The van der Waals surface area contributed by atoms with Gasteiger partial charge in [0.1, 0.15) is 4.60 Å². The number of hydrogen-bond acceptors (Lipinski definition) is 2. The summed E-state index contributed by atoms with van der Waals surface area (Å²) in [6, 6.07) is 0. The molecular weight excluding hydrogens is 230 g/mol. The molecule has 1 aromatic rings. The van der Waals surface area contributed by atoms with Gasteiger partial charge in [-0.2, -0.15) is 5.10 Å². The van der Waals surface area contributed by atoms with Gasteiger partial charge >= 0.3 is 0 Å². The number of nitrogens with zero attached hydrogens (tertiary/aromatic N) is 2. The molecule has 0 amide bonds. The van der Waals surface area contributed by atoms with Crippen molar-refractivity contribution in [1.29, 1.82) is 0 Å². The molecule has 4 heteroatoms. The molecule has 0 aromatic carbocycles. The lowest BCUT2D eigenvalue weighted by molar-refractivity contribution is 0.348. The van der Waals surface area contributed by atoms with Crippen molar-refractivity contribution in [2.24, 2.45) is 5.73 Å². The molecule has 0 saturated carbocycles. The summed E-state index contributed by atoms with van der Waals surface area (Å²) in [5.74, 6) is 0. The van der Waals surface area contributed by atoms with Gasteiger partial charge in [0.15, 0.2) is 0 Å². The minimum Gasteiger partial charge on any atom is -0.330 e. The van der Waals surface area contributed by atoms with Crippen LogP contribution in [0.25, 0.3) is 0 Å². The topological polar surface area (TPSA) is 43.8 Å². The Morgan fingerprint density at radius 1 is 1.54 bits per heavy atom. The Morgan fingerprint density at radius 3 is 2.54 bits per heavy atom. The highest BCUT2D eigenvalue weighted by atomic mass is 79.9. The molecule has 0 aliphatic heterocycles. The smallest absolute Gasteiger partial charge is 0.107 e. The van der Waals surface area contributed by atoms with Crippen LogP contribution in [0.1, 0.15) is 26.3 Å². The fourth-order valence-electron chi connectivity index (χ4n) is 1.16. The van der Waals surface area contributed by atoms with Gasteiger partial charge in [-0.05, 0) is 49.7 Å². The summed E-state index contributed by atoms with van der Waals surface area (Å²) in [6.45, 7) is 7.03. The molecule has 0 saturated heterocycles. The van der Waals surface area contributed by atoms with E-state index in [-0.39, 0.29) is 5.54 Å². The summed E-state index contributed by atoms with van der Waals surface area (Å²) in [5.41, 5.74) is 6.69. The van der Waals surface area contributed by atoms with E-state index in [1.165, 1.54) is 5.56 Å². The monoisotopic (exact) mass is 245 g/mol. The molecule has 0 spiro atoms. The summed E-state index contributed by atoms with van der Waals surface area (Å²) < 4.78 is 3.02. The highest BCUT2D eigenvalue weighted by molar-refractivity contribution is 9.10. The lowest BCUT2D eigenvalue weighted by Crippen LogP contribution is -2.23. The Balaban J connectivity index is 2.99. The van der Waals surface area contributed by atoms with Crippen LogP contribution >= 0.6 is 15.9 Å². The van der Waals surface area contributed by atoms with Crippen molar-refractivity contribution in [3.8, 4) is 0 Å². The van der Waals surface area contributed by atoms with Gasteiger partial charge in [-0.25, -0.2) is 0 Å². The Labute approximate surface area is 87.4 Å². The van der Waals surface area contributed by atoms with Crippen molar-refractivity contribution < 1.29 is 0 Å². The molecule has 1 heterocycles. The van der Waals surface area contributed by atoms with E-state index in [1.54, 1.807) is 0 Å². The zero-order chi connectivity index (χ0) is 10.1. The molecule has 1 aromatic heterocycles. The van der Waals surface area contributed by atoms with Crippen LogP contribution in [0.2, 0.25) is 0 Å². The Hall–Kier alpha value is -0.350. The molecule has 13 heavy (non-hydrogen) atoms. The van der Waals surface area contributed by atoms with E-state index < -0.39 is 0 Å². The second-order valence-corrected chi connectivity index (χ2v) is 4.83. The average Bonchev–Trinajstić information content (AvgIpc) is 2.32. The highest BCUT2D eigenvalue weighted by Gasteiger charge is 2.18. The molecule has 0 unspecified atom stereocenters. The molecule has 0 radical (unpaired) electrons. The van der Waals surface area contributed by atoms with E-state index >= 15 is 0 Å². The van der Waals surface area contributed by atoms with Gasteiger partial charge in [0.2, 0.25) is 0 Å². The third-order valence-corrected chi connectivity index (χ3v) is 2.67. The predicted molar refractivity (Wildman–Crippen MR) is 57.7 cm³/mol. The maximum atomic E-state index is 5.49. The first-order valence-corrected chi connectivity index (χ1v) is 5.19. The largest absolute Gasteiger partial charge is 0.330 e. The summed E-state index contributed by atoms with van der Waals surface area (Å²) in [7, 11) is 0. The van der Waals surface area contributed by atoms with Gasteiger partial charge in [0.25, 0.3) is 0 Å². The van der Waals surface area contributed by atoms with Crippen molar-refractivity contribution in [3.05, 3.63) is 16.4 Å². The minimum atomic E-state index is 0.0195. The molecule has 0 aliphatic carbocycles. The summed E-state index contributed by atoms with van der Waals surface area (Å²) >= 11 is 3.53. The standard InChI is InChI=1S/C9H16BrN3/c1-9(2,3)13-8(10)7(4-5-11)6-12-13/h6H,4-5,11H2,1-3H3. The van der Waals surface area contributed by atoms with E-state index in [0.29, 0.717) is 6.54 Å². The zero-order valence-electron chi connectivity index (χ0n) is 8.34. The van der Waals surface area contributed by atoms with Crippen LogP contribution in [0.5, 0.6) is 0 Å². The van der Waals surface area contributed by atoms with Crippen molar-refractivity contribution in [3.63, 3.8) is 0 Å². The van der Waals surface area contributed by atoms with E-state index in [2.05, 4.69) is 41.8 Å². The lowest BCUT2D eigenvalue weighted by atomic mass is 10.1. The second kappa shape index (κ2) is 3.80. The number of hydrogen-bond donors (Lipinski definition) is 1. The SMILES string of the molecule is CC(C)(C)n1ncc(CCN)c1Br. The lowest BCUT2D eigenvalue weighted by Gasteiger charge is -2.20. The second-order valence-electron chi connectivity index (χ2n) is 4.08. The molecule has 0 atom stereocenters. The third kappa shape index (κ3) is 2.31. The Morgan fingerprint density at radius 2 is 2.15 bits per heavy atom. The van der Waals surface area contributed by atoms with Crippen molar-refractivity contribution >= 4 is 15.9 Å². The highest BCUT2D eigenvalue weighted by Crippen LogP contribution is 2.23. The minimum absolute atomic E-state index is 0.0195. The van der Waals surface area contributed by atoms with Crippen LogP contribution in [-0.4, -0.2) is 16.3 Å². The molecule has 2 N–H and O–H groups in total. The van der Waals surface area contributed by atoms with Gasteiger partial charge in [0.05, 0.1) is 11.7 Å². The van der Waals surface area contributed by atoms with Gasteiger partial charge in [-0.1, -0.05) is 0 Å². The van der Waals surface area contributed by atoms with E-state index in [4.69, 9.17) is 5.73 Å². The van der Waals surface area contributed by atoms with Crippen LogP contribution in [0.15, 0.2) is 10.8 Å². The van der Waals surface area contributed by atoms with E-state index in [9.17, 15) is 0 Å². The van der Waals surface area contributed by atoms with Crippen molar-refractivity contribution in [2.45, 2.75) is 32.7 Å². The molecular formula is C9H16BrN3. The maximum absolute atomic E-state index is 5.49. The first kappa shape index (κ1) is 10.7. The van der Waals surface area contributed by atoms with Crippen LogP contribution in [0.4, 0.5) is 0 Å². The van der Waals surface area contributed by atoms with Crippen LogP contribution < -0.4 is 5.73 Å². The van der Waals surface area contributed by atoms with Gasteiger partial charge < -0.3 is 5.73 Å². The molecule has 1 rings (SSSR count). The number of nitrogens with two attached hydrogens (primary N) is 1. The fourth-order valence-corrected chi connectivity index (χ4v) is 2.08. The predicted octanol–water partition coefficient (Wildman–Crippen LogP) is 1.90. The van der Waals surface area contributed by atoms with E-state index in [1.807, 2.05) is 10.9 Å². The zero-order valence-corrected chi connectivity index (χ0v) is 9.93. The normalized spacial score (nSPS) is 12.1. The molecule has 74 valence electrons. The average molecular weight is 246 g/mol. The molecule has 0 aliphatic rings. The molecule has 0 bridgehead atoms. The summed E-state index contributed by atoms with van der Waals surface area (Å²) in [6.07, 6.45) is 2.75. The molecule has 3 nitrogen and oxygen atoms in total. The maximum Gasteiger partial charge on any atom is 0.107 e. The van der Waals surface area contributed by atoms with Crippen LogP contribution in [0, 0.1) is 0 Å². The number of aromatic nitrogens is 2.